The van der Waals surface area contributed by atoms with E-state index in [0.717, 1.165) is 53.6 Å². The van der Waals surface area contributed by atoms with Gasteiger partial charge >= 0.3 is 0 Å². The summed E-state index contributed by atoms with van der Waals surface area (Å²) in [6.07, 6.45) is 3.18. The van der Waals surface area contributed by atoms with Crippen molar-refractivity contribution >= 4 is 23.4 Å². The van der Waals surface area contributed by atoms with Crippen molar-refractivity contribution in [3.05, 3.63) is 34.6 Å². The highest BCUT2D eigenvalue weighted by Gasteiger charge is 2.14. The zero-order valence-electron chi connectivity index (χ0n) is 15.8. The number of amides is 1. The van der Waals surface area contributed by atoms with Crippen molar-refractivity contribution in [2.45, 2.75) is 65.6 Å². The molecular formula is C19H28N4OS. The number of aryl methyl sites for hydroxylation is 4. The Hall–Kier alpha value is -1.82. The van der Waals surface area contributed by atoms with Crippen LogP contribution in [0, 0.1) is 20.8 Å². The molecule has 6 heteroatoms. The minimum Gasteiger partial charge on any atom is -0.325 e. The second-order valence-electron chi connectivity index (χ2n) is 6.36. The third-order valence-corrected chi connectivity index (χ3v) is 5.10. The van der Waals surface area contributed by atoms with Crippen LogP contribution < -0.4 is 5.32 Å². The van der Waals surface area contributed by atoms with E-state index in [2.05, 4.69) is 53.0 Å². The Bertz CT molecular complexity index is 716. The van der Waals surface area contributed by atoms with E-state index in [1.165, 1.54) is 17.3 Å². The second kappa shape index (κ2) is 9.04. The Balaban J connectivity index is 2.00. The number of nitrogens with zero attached hydrogens (tertiary/aromatic N) is 3. The van der Waals surface area contributed by atoms with Crippen molar-refractivity contribution in [1.82, 2.24) is 14.8 Å². The van der Waals surface area contributed by atoms with Crippen LogP contribution in [-0.2, 0) is 17.8 Å². The first-order valence-electron chi connectivity index (χ1n) is 8.88. The number of benzene rings is 1. The summed E-state index contributed by atoms with van der Waals surface area (Å²) in [7, 11) is 0. The number of hydrogen-bond donors (Lipinski definition) is 1. The SMILES string of the molecule is CCCCc1nnc(SCC(=O)Nc2c(C)cc(C)cc2C)n1CC. The van der Waals surface area contributed by atoms with Crippen LogP contribution in [0.3, 0.4) is 0 Å². The molecule has 0 fully saturated rings. The van der Waals surface area contributed by atoms with E-state index in [-0.39, 0.29) is 5.91 Å². The van der Waals surface area contributed by atoms with Gasteiger partial charge in [0.15, 0.2) is 5.16 Å². The molecular weight excluding hydrogens is 332 g/mol. The van der Waals surface area contributed by atoms with E-state index in [4.69, 9.17) is 0 Å². The summed E-state index contributed by atoms with van der Waals surface area (Å²) < 4.78 is 2.11. The maximum Gasteiger partial charge on any atom is 0.234 e. The number of hydrogen-bond acceptors (Lipinski definition) is 4. The highest BCUT2D eigenvalue weighted by molar-refractivity contribution is 7.99. The van der Waals surface area contributed by atoms with Crippen LogP contribution in [-0.4, -0.2) is 26.4 Å². The summed E-state index contributed by atoms with van der Waals surface area (Å²) in [5, 5.41) is 12.4. The van der Waals surface area contributed by atoms with Gasteiger partial charge in [0.05, 0.1) is 5.75 Å². The van der Waals surface area contributed by atoms with Crippen LogP contribution in [0.1, 0.15) is 49.2 Å². The normalized spacial score (nSPS) is 10.9. The maximum atomic E-state index is 12.4. The molecule has 1 amide bonds. The lowest BCUT2D eigenvalue weighted by molar-refractivity contribution is -0.113. The van der Waals surface area contributed by atoms with Crippen LogP contribution in [0.5, 0.6) is 0 Å². The molecule has 1 aromatic carbocycles. The van der Waals surface area contributed by atoms with Gasteiger partial charge in [-0.1, -0.05) is 42.8 Å². The Kier molecular flexibility index (Phi) is 7.05. The fourth-order valence-electron chi connectivity index (χ4n) is 2.95. The second-order valence-corrected chi connectivity index (χ2v) is 7.30. The lowest BCUT2D eigenvalue weighted by Gasteiger charge is -2.13. The Morgan fingerprint density at radius 2 is 1.84 bits per heavy atom. The number of carbonyl (C=O) groups excluding carboxylic acids is 1. The van der Waals surface area contributed by atoms with Crippen molar-refractivity contribution in [3.63, 3.8) is 0 Å². The molecule has 1 heterocycles. The first-order chi connectivity index (χ1) is 12.0. The summed E-state index contributed by atoms with van der Waals surface area (Å²) in [4.78, 5) is 12.4. The van der Waals surface area contributed by atoms with Gasteiger partial charge in [0, 0.05) is 18.7 Å². The minimum absolute atomic E-state index is 0.0131. The average Bonchev–Trinajstić information content (AvgIpc) is 2.96. The zero-order chi connectivity index (χ0) is 18.4. The molecule has 0 atom stereocenters. The molecule has 0 spiro atoms. The van der Waals surface area contributed by atoms with Crippen LogP contribution in [0.15, 0.2) is 17.3 Å². The van der Waals surface area contributed by atoms with Gasteiger partial charge in [-0.05, 0) is 45.2 Å². The summed E-state index contributed by atoms with van der Waals surface area (Å²) in [6, 6.07) is 4.17. The number of anilines is 1. The van der Waals surface area contributed by atoms with E-state index < -0.39 is 0 Å². The number of carbonyl (C=O) groups is 1. The zero-order valence-corrected chi connectivity index (χ0v) is 16.7. The third kappa shape index (κ3) is 5.08. The molecule has 0 aliphatic heterocycles. The van der Waals surface area contributed by atoms with Gasteiger partial charge in [-0.2, -0.15) is 0 Å². The van der Waals surface area contributed by atoms with Crippen molar-refractivity contribution in [3.8, 4) is 0 Å². The summed E-state index contributed by atoms with van der Waals surface area (Å²) in [6.45, 7) is 11.2. The topological polar surface area (TPSA) is 59.8 Å². The fraction of sp³-hybridized carbons (Fsp3) is 0.526. The number of thioether (sulfide) groups is 1. The number of aromatic nitrogens is 3. The molecule has 0 bridgehead atoms. The summed E-state index contributed by atoms with van der Waals surface area (Å²) >= 11 is 1.45. The van der Waals surface area contributed by atoms with Gasteiger partial charge < -0.3 is 9.88 Å². The molecule has 0 unspecified atom stereocenters. The fourth-order valence-corrected chi connectivity index (χ4v) is 3.77. The largest absolute Gasteiger partial charge is 0.325 e. The lowest BCUT2D eigenvalue weighted by atomic mass is 10.1. The molecule has 5 nitrogen and oxygen atoms in total. The summed E-state index contributed by atoms with van der Waals surface area (Å²) in [5.41, 5.74) is 4.30. The van der Waals surface area contributed by atoms with Crippen LogP contribution in [0.25, 0.3) is 0 Å². The molecule has 2 aromatic rings. The number of rotatable bonds is 8. The highest BCUT2D eigenvalue weighted by atomic mass is 32.2. The van der Waals surface area contributed by atoms with Gasteiger partial charge in [0.1, 0.15) is 5.82 Å². The molecule has 0 saturated heterocycles. The molecule has 1 aromatic heterocycles. The van der Waals surface area contributed by atoms with Crippen molar-refractivity contribution in [1.29, 1.82) is 0 Å². The highest BCUT2D eigenvalue weighted by Crippen LogP contribution is 2.23. The quantitative estimate of drug-likeness (QED) is 0.713. The standard InChI is InChI=1S/C19H28N4OS/c1-6-8-9-16-21-22-19(23(16)7-2)25-12-17(24)20-18-14(4)10-13(3)11-15(18)5/h10-11H,6-9,12H2,1-5H3,(H,20,24). The van der Waals surface area contributed by atoms with Crippen molar-refractivity contribution in [2.24, 2.45) is 0 Å². The minimum atomic E-state index is -0.0131. The van der Waals surface area contributed by atoms with Gasteiger partial charge in [-0.3, -0.25) is 4.79 Å². The molecule has 0 aliphatic carbocycles. The number of nitrogens with one attached hydrogen (secondary N) is 1. The van der Waals surface area contributed by atoms with Gasteiger partial charge in [0.25, 0.3) is 0 Å². The van der Waals surface area contributed by atoms with Crippen molar-refractivity contribution < 1.29 is 4.79 Å². The first-order valence-corrected chi connectivity index (χ1v) is 9.87. The monoisotopic (exact) mass is 360 g/mol. The van der Waals surface area contributed by atoms with Gasteiger partial charge in [-0.15, -0.1) is 10.2 Å². The number of unbranched alkanes of at least 4 members (excludes halogenated alkanes) is 1. The summed E-state index contributed by atoms with van der Waals surface area (Å²) in [5.74, 6) is 1.33. The maximum absolute atomic E-state index is 12.4. The van der Waals surface area contributed by atoms with E-state index in [1.807, 2.05) is 13.8 Å². The van der Waals surface area contributed by atoms with Crippen LogP contribution in [0.2, 0.25) is 0 Å². The third-order valence-electron chi connectivity index (χ3n) is 4.14. The molecule has 136 valence electrons. The van der Waals surface area contributed by atoms with Gasteiger partial charge in [-0.25, -0.2) is 0 Å². The van der Waals surface area contributed by atoms with E-state index in [9.17, 15) is 4.79 Å². The molecule has 2 rings (SSSR count). The lowest BCUT2D eigenvalue weighted by Crippen LogP contribution is -2.16. The smallest absolute Gasteiger partial charge is 0.234 e. The molecule has 1 N–H and O–H groups in total. The van der Waals surface area contributed by atoms with E-state index in [0.29, 0.717) is 5.75 Å². The van der Waals surface area contributed by atoms with Gasteiger partial charge in [0.2, 0.25) is 5.91 Å². The Labute approximate surface area is 154 Å². The first kappa shape index (κ1) is 19.5. The predicted octanol–water partition coefficient (Wildman–Crippen LogP) is 4.30. The van der Waals surface area contributed by atoms with Crippen molar-refractivity contribution in [2.75, 3.05) is 11.1 Å². The molecule has 0 aliphatic rings. The Morgan fingerprint density at radius 3 is 2.44 bits per heavy atom. The van der Waals surface area contributed by atoms with Crippen LogP contribution in [0.4, 0.5) is 5.69 Å². The molecule has 0 saturated carbocycles. The average molecular weight is 361 g/mol. The van der Waals surface area contributed by atoms with Crippen LogP contribution >= 0.6 is 11.8 Å². The van der Waals surface area contributed by atoms with E-state index in [1.54, 1.807) is 0 Å². The predicted molar refractivity (Wildman–Crippen MR) is 104 cm³/mol. The molecule has 25 heavy (non-hydrogen) atoms. The molecule has 0 radical (unpaired) electrons. The van der Waals surface area contributed by atoms with E-state index >= 15 is 0 Å². The Morgan fingerprint density at radius 1 is 1.16 bits per heavy atom.